The SMILES string of the molecule is CCNC(=NCc1sc(C)nc1C)NCC(C)(C)N1CCOCC1. The number of hydrogen-bond donors (Lipinski definition) is 2. The van der Waals surface area contributed by atoms with Crippen LogP contribution < -0.4 is 10.6 Å². The standard InChI is InChI=1S/C17H31N5OS/c1-6-18-16(19-11-15-13(2)21-14(3)24-15)20-12-17(4,5)22-7-9-23-10-8-22/h6-12H2,1-5H3,(H2,18,19,20). The van der Waals surface area contributed by atoms with E-state index in [0.717, 1.165) is 56.1 Å². The average Bonchev–Trinajstić information content (AvgIpc) is 2.88. The van der Waals surface area contributed by atoms with Crippen LogP contribution in [0.15, 0.2) is 4.99 Å². The Kier molecular flexibility index (Phi) is 7.01. The van der Waals surface area contributed by atoms with Crippen LogP contribution in [0.1, 0.15) is 36.3 Å². The second-order valence-electron chi connectivity index (χ2n) is 6.70. The van der Waals surface area contributed by atoms with Crippen LogP contribution in [0.2, 0.25) is 0 Å². The van der Waals surface area contributed by atoms with Gasteiger partial charge in [0.1, 0.15) is 0 Å². The Morgan fingerprint density at radius 1 is 1.29 bits per heavy atom. The Morgan fingerprint density at radius 3 is 2.58 bits per heavy atom. The Bertz CT molecular complexity index is 549. The van der Waals surface area contributed by atoms with Crippen LogP contribution >= 0.6 is 11.3 Å². The third kappa shape index (κ3) is 5.43. The van der Waals surface area contributed by atoms with E-state index in [1.54, 1.807) is 11.3 Å². The highest BCUT2D eigenvalue weighted by atomic mass is 32.1. The second-order valence-corrected chi connectivity index (χ2v) is 7.99. The molecule has 0 radical (unpaired) electrons. The molecule has 0 saturated carbocycles. The van der Waals surface area contributed by atoms with E-state index in [2.05, 4.69) is 48.2 Å². The molecule has 0 bridgehead atoms. The van der Waals surface area contributed by atoms with E-state index < -0.39 is 0 Å². The number of morpholine rings is 1. The van der Waals surface area contributed by atoms with Gasteiger partial charge in [-0.25, -0.2) is 9.98 Å². The molecule has 0 amide bonds. The van der Waals surface area contributed by atoms with Crippen LogP contribution in [0.5, 0.6) is 0 Å². The molecule has 7 heteroatoms. The fourth-order valence-corrected chi connectivity index (χ4v) is 3.65. The van der Waals surface area contributed by atoms with Crippen molar-refractivity contribution in [3.63, 3.8) is 0 Å². The monoisotopic (exact) mass is 353 g/mol. The van der Waals surface area contributed by atoms with Crippen molar-refractivity contribution in [3.05, 3.63) is 15.6 Å². The first-order chi connectivity index (χ1) is 11.4. The molecule has 1 fully saturated rings. The number of aliphatic imine (C=N–C) groups is 1. The summed E-state index contributed by atoms with van der Waals surface area (Å²) in [5.41, 5.74) is 1.16. The van der Waals surface area contributed by atoms with Gasteiger partial charge < -0.3 is 15.4 Å². The first kappa shape index (κ1) is 19.1. The van der Waals surface area contributed by atoms with Crippen molar-refractivity contribution >= 4 is 17.3 Å². The van der Waals surface area contributed by atoms with Crippen LogP contribution in [-0.2, 0) is 11.3 Å². The van der Waals surface area contributed by atoms with Gasteiger partial charge in [0.05, 0.1) is 30.5 Å². The normalized spacial score (nSPS) is 17.1. The maximum atomic E-state index is 5.46. The molecule has 0 spiro atoms. The summed E-state index contributed by atoms with van der Waals surface area (Å²) in [5.74, 6) is 0.865. The second kappa shape index (κ2) is 8.78. The van der Waals surface area contributed by atoms with Crippen molar-refractivity contribution in [2.45, 2.75) is 46.7 Å². The van der Waals surface area contributed by atoms with E-state index in [-0.39, 0.29) is 5.54 Å². The number of aromatic nitrogens is 1. The highest BCUT2D eigenvalue weighted by Gasteiger charge is 2.28. The maximum absolute atomic E-state index is 5.46. The first-order valence-corrected chi connectivity index (χ1v) is 9.52. The zero-order valence-corrected chi connectivity index (χ0v) is 16.4. The molecule has 1 aliphatic heterocycles. The van der Waals surface area contributed by atoms with Gasteiger partial charge >= 0.3 is 0 Å². The molecule has 136 valence electrons. The predicted molar refractivity (Wildman–Crippen MR) is 101 cm³/mol. The third-order valence-corrected chi connectivity index (χ3v) is 5.34. The van der Waals surface area contributed by atoms with Crippen molar-refractivity contribution in [2.24, 2.45) is 4.99 Å². The summed E-state index contributed by atoms with van der Waals surface area (Å²) >= 11 is 1.72. The lowest BCUT2D eigenvalue weighted by atomic mass is 10.0. The minimum atomic E-state index is 0.0664. The summed E-state index contributed by atoms with van der Waals surface area (Å²) < 4.78 is 5.46. The molecule has 0 aliphatic carbocycles. The molecule has 2 rings (SSSR count). The van der Waals surface area contributed by atoms with Gasteiger partial charge in [0.25, 0.3) is 0 Å². The van der Waals surface area contributed by atoms with Gasteiger partial charge in [-0.3, -0.25) is 4.90 Å². The van der Waals surface area contributed by atoms with Crippen LogP contribution in [-0.4, -0.2) is 60.8 Å². The minimum absolute atomic E-state index is 0.0664. The van der Waals surface area contributed by atoms with E-state index >= 15 is 0 Å². The van der Waals surface area contributed by atoms with E-state index in [1.165, 1.54) is 4.88 Å². The highest BCUT2D eigenvalue weighted by molar-refractivity contribution is 7.11. The largest absolute Gasteiger partial charge is 0.379 e. The van der Waals surface area contributed by atoms with Gasteiger partial charge in [0.2, 0.25) is 0 Å². The lowest BCUT2D eigenvalue weighted by molar-refractivity contribution is -0.00834. The van der Waals surface area contributed by atoms with Crippen molar-refractivity contribution in [1.82, 2.24) is 20.5 Å². The molecule has 1 aromatic heterocycles. The number of thiazole rings is 1. The molecule has 24 heavy (non-hydrogen) atoms. The lowest BCUT2D eigenvalue weighted by Gasteiger charge is -2.41. The van der Waals surface area contributed by atoms with Gasteiger partial charge in [-0.15, -0.1) is 11.3 Å². The molecule has 1 saturated heterocycles. The first-order valence-electron chi connectivity index (χ1n) is 8.70. The van der Waals surface area contributed by atoms with E-state index in [9.17, 15) is 0 Å². The van der Waals surface area contributed by atoms with Gasteiger partial charge in [-0.2, -0.15) is 0 Å². The molecule has 0 unspecified atom stereocenters. The van der Waals surface area contributed by atoms with Crippen LogP contribution in [0.3, 0.4) is 0 Å². The van der Waals surface area contributed by atoms with Gasteiger partial charge in [-0.05, 0) is 34.6 Å². The van der Waals surface area contributed by atoms with Crippen molar-refractivity contribution < 1.29 is 4.74 Å². The Labute approximate surface area is 149 Å². The van der Waals surface area contributed by atoms with Crippen molar-refractivity contribution in [3.8, 4) is 0 Å². The van der Waals surface area contributed by atoms with E-state index in [4.69, 9.17) is 9.73 Å². The quantitative estimate of drug-likeness (QED) is 0.604. The minimum Gasteiger partial charge on any atom is -0.379 e. The zero-order chi connectivity index (χ0) is 17.6. The van der Waals surface area contributed by atoms with Crippen LogP contribution in [0.25, 0.3) is 0 Å². The Balaban J connectivity index is 1.94. The Hall–Kier alpha value is -1.18. The van der Waals surface area contributed by atoms with Crippen LogP contribution in [0.4, 0.5) is 0 Å². The van der Waals surface area contributed by atoms with Crippen LogP contribution in [0, 0.1) is 13.8 Å². The fourth-order valence-electron chi connectivity index (χ4n) is 2.79. The molecular formula is C17H31N5OS. The zero-order valence-electron chi connectivity index (χ0n) is 15.6. The molecular weight excluding hydrogens is 322 g/mol. The number of aryl methyl sites for hydroxylation is 2. The highest BCUT2D eigenvalue weighted by Crippen LogP contribution is 2.18. The number of nitrogens with zero attached hydrogens (tertiary/aromatic N) is 3. The van der Waals surface area contributed by atoms with E-state index in [0.29, 0.717) is 6.54 Å². The van der Waals surface area contributed by atoms with Gasteiger partial charge in [-0.1, -0.05) is 0 Å². The summed E-state index contributed by atoms with van der Waals surface area (Å²) in [4.78, 5) is 12.9. The molecule has 0 aromatic carbocycles. The predicted octanol–water partition coefficient (Wildman–Crippen LogP) is 1.93. The molecule has 1 aromatic rings. The summed E-state index contributed by atoms with van der Waals surface area (Å²) in [7, 11) is 0. The van der Waals surface area contributed by atoms with Gasteiger partial charge in [0, 0.05) is 36.6 Å². The third-order valence-electron chi connectivity index (χ3n) is 4.28. The topological polar surface area (TPSA) is 61.8 Å². The smallest absolute Gasteiger partial charge is 0.191 e. The summed E-state index contributed by atoms with van der Waals surface area (Å²) in [6, 6.07) is 0. The number of ether oxygens (including phenoxy) is 1. The average molecular weight is 354 g/mol. The van der Waals surface area contributed by atoms with E-state index in [1.807, 2.05) is 6.92 Å². The number of hydrogen-bond acceptors (Lipinski definition) is 5. The lowest BCUT2D eigenvalue weighted by Crippen LogP contribution is -2.56. The molecule has 1 aliphatic rings. The van der Waals surface area contributed by atoms with Crippen molar-refractivity contribution in [2.75, 3.05) is 39.4 Å². The number of guanidine groups is 1. The molecule has 0 atom stereocenters. The van der Waals surface area contributed by atoms with Gasteiger partial charge in [0.15, 0.2) is 5.96 Å². The van der Waals surface area contributed by atoms with Crippen molar-refractivity contribution in [1.29, 1.82) is 0 Å². The molecule has 2 heterocycles. The summed E-state index contributed by atoms with van der Waals surface area (Å²) in [5, 5.41) is 7.93. The molecule has 2 N–H and O–H groups in total. The number of nitrogens with one attached hydrogen (secondary N) is 2. The maximum Gasteiger partial charge on any atom is 0.191 e. The number of rotatable bonds is 6. The Morgan fingerprint density at radius 2 is 2.00 bits per heavy atom. The molecule has 6 nitrogen and oxygen atoms in total. The summed E-state index contributed by atoms with van der Waals surface area (Å²) in [6.07, 6.45) is 0. The summed E-state index contributed by atoms with van der Waals surface area (Å²) in [6.45, 7) is 16.7. The fraction of sp³-hybridized carbons (Fsp3) is 0.765.